The van der Waals surface area contributed by atoms with Crippen LogP contribution in [-0.4, -0.2) is 30.3 Å². The third-order valence-corrected chi connectivity index (χ3v) is 3.77. The van der Waals surface area contributed by atoms with Crippen LogP contribution in [0.5, 0.6) is 11.5 Å². The van der Waals surface area contributed by atoms with Crippen molar-refractivity contribution in [2.45, 2.75) is 12.8 Å². The van der Waals surface area contributed by atoms with Crippen molar-refractivity contribution in [2.24, 2.45) is 0 Å². The standard InChI is InChI=1S/C16H17BFNO3/c18-16-11-14(6-7-15(16)17(20)21)22-13-5-3-4-12(10-13)19-8-1-2-9-19/h3-7,10-11,20-21H,1-2,8-9H2. The molecule has 2 aromatic rings. The molecule has 0 aromatic heterocycles. The van der Waals surface area contributed by atoms with Crippen LogP contribution < -0.4 is 15.1 Å². The zero-order valence-corrected chi connectivity index (χ0v) is 12.1. The molecule has 1 aliphatic rings. The first-order chi connectivity index (χ1) is 10.6. The van der Waals surface area contributed by atoms with E-state index in [1.807, 2.05) is 24.3 Å². The van der Waals surface area contributed by atoms with Crippen LogP contribution in [0.25, 0.3) is 0 Å². The molecule has 1 aliphatic heterocycles. The summed E-state index contributed by atoms with van der Waals surface area (Å²) in [5.74, 6) is 0.241. The van der Waals surface area contributed by atoms with Gasteiger partial charge in [0.2, 0.25) is 0 Å². The van der Waals surface area contributed by atoms with E-state index >= 15 is 0 Å². The van der Waals surface area contributed by atoms with Crippen molar-refractivity contribution in [3.8, 4) is 11.5 Å². The predicted octanol–water partition coefficient (Wildman–Crippen LogP) is 1.90. The lowest BCUT2D eigenvalue weighted by Gasteiger charge is -2.18. The van der Waals surface area contributed by atoms with Gasteiger partial charge in [0, 0.05) is 36.4 Å². The third-order valence-electron chi connectivity index (χ3n) is 3.77. The Labute approximate surface area is 128 Å². The van der Waals surface area contributed by atoms with Crippen molar-refractivity contribution in [2.75, 3.05) is 18.0 Å². The molecule has 0 aliphatic carbocycles. The number of anilines is 1. The molecule has 0 unspecified atom stereocenters. The van der Waals surface area contributed by atoms with Gasteiger partial charge in [-0.15, -0.1) is 0 Å². The van der Waals surface area contributed by atoms with Crippen molar-refractivity contribution in [1.82, 2.24) is 0 Å². The molecule has 22 heavy (non-hydrogen) atoms. The summed E-state index contributed by atoms with van der Waals surface area (Å²) in [5.41, 5.74) is 0.927. The minimum Gasteiger partial charge on any atom is -0.457 e. The second kappa shape index (κ2) is 6.38. The van der Waals surface area contributed by atoms with Gasteiger partial charge in [0.25, 0.3) is 0 Å². The quantitative estimate of drug-likeness (QED) is 0.847. The van der Waals surface area contributed by atoms with Crippen molar-refractivity contribution < 1.29 is 19.2 Å². The number of hydrogen-bond donors (Lipinski definition) is 2. The highest BCUT2D eigenvalue weighted by atomic mass is 19.1. The maximum atomic E-state index is 13.7. The van der Waals surface area contributed by atoms with Gasteiger partial charge in [0.15, 0.2) is 0 Å². The molecular weight excluding hydrogens is 284 g/mol. The van der Waals surface area contributed by atoms with E-state index in [1.165, 1.54) is 25.0 Å². The maximum Gasteiger partial charge on any atom is 0.491 e. The summed E-state index contributed by atoms with van der Waals surface area (Å²) in [5, 5.41) is 18.0. The van der Waals surface area contributed by atoms with Crippen LogP contribution in [0.2, 0.25) is 0 Å². The Morgan fingerprint density at radius 3 is 2.41 bits per heavy atom. The minimum absolute atomic E-state index is 0.168. The average Bonchev–Trinajstić information content (AvgIpc) is 3.01. The number of halogens is 1. The van der Waals surface area contributed by atoms with Crippen molar-refractivity contribution in [3.05, 3.63) is 48.3 Å². The Morgan fingerprint density at radius 1 is 1.00 bits per heavy atom. The van der Waals surface area contributed by atoms with Crippen LogP contribution in [0.1, 0.15) is 12.8 Å². The molecule has 0 radical (unpaired) electrons. The number of nitrogens with zero attached hydrogens (tertiary/aromatic N) is 1. The SMILES string of the molecule is OB(O)c1ccc(Oc2cccc(N3CCCC3)c2)cc1F. The maximum absolute atomic E-state index is 13.7. The lowest BCUT2D eigenvalue weighted by atomic mass is 9.80. The normalized spacial score (nSPS) is 14.2. The van der Waals surface area contributed by atoms with E-state index in [9.17, 15) is 4.39 Å². The molecule has 1 fully saturated rings. The highest BCUT2D eigenvalue weighted by Crippen LogP contribution is 2.27. The molecule has 114 valence electrons. The van der Waals surface area contributed by atoms with E-state index < -0.39 is 12.9 Å². The summed E-state index contributed by atoms with van der Waals surface area (Å²) in [6.45, 7) is 2.09. The second-order valence-electron chi connectivity index (χ2n) is 5.35. The van der Waals surface area contributed by atoms with Crippen LogP contribution in [0.15, 0.2) is 42.5 Å². The molecule has 6 heteroatoms. The zero-order chi connectivity index (χ0) is 15.5. The van der Waals surface area contributed by atoms with E-state index in [-0.39, 0.29) is 5.46 Å². The number of hydrogen-bond acceptors (Lipinski definition) is 4. The Kier molecular flexibility index (Phi) is 4.31. The van der Waals surface area contributed by atoms with Gasteiger partial charge >= 0.3 is 7.12 Å². The van der Waals surface area contributed by atoms with Crippen LogP contribution >= 0.6 is 0 Å². The topological polar surface area (TPSA) is 52.9 Å². The van der Waals surface area contributed by atoms with E-state index in [2.05, 4.69) is 4.90 Å². The summed E-state index contributed by atoms with van der Waals surface area (Å²) in [4.78, 5) is 2.29. The van der Waals surface area contributed by atoms with Gasteiger partial charge in [0.05, 0.1) is 0 Å². The van der Waals surface area contributed by atoms with E-state index in [4.69, 9.17) is 14.8 Å². The Bertz CT molecular complexity index is 660. The second-order valence-corrected chi connectivity index (χ2v) is 5.35. The molecule has 0 spiro atoms. The van der Waals surface area contributed by atoms with E-state index in [1.54, 1.807) is 0 Å². The first-order valence-corrected chi connectivity index (χ1v) is 7.32. The molecule has 4 nitrogen and oxygen atoms in total. The Balaban J connectivity index is 1.78. The largest absolute Gasteiger partial charge is 0.491 e. The fourth-order valence-corrected chi connectivity index (χ4v) is 2.64. The fourth-order valence-electron chi connectivity index (χ4n) is 2.64. The van der Waals surface area contributed by atoms with Crippen LogP contribution in [0.3, 0.4) is 0 Å². The molecule has 1 saturated heterocycles. The number of ether oxygens (including phenoxy) is 1. The minimum atomic E-state index is -1.83. The molecule has 2 aromatic carbocycles. The molecular formula is C16H17BFNO3. The molecule has 0 saturated carbocycles. The summed E-state index contributed by atoms with van der Waals surface area (Å²) in [6, 6.07) is 11.6. The molecule has 3 rings (SSSR count). The van der Waals surface area contributed by atoms with Gasteiger partial charge in [0.1, 0.15) is 17.3 Å². The molecule has 2 N–H and O–H groups in total. The monoisotopic (exact) mass is 301 g/mol. The average molecular weight is 301 g/mol. The van der Waals surface area contributed by atoms with Crippen LogP contribution in [0, 0.1) is 5.82 Å². The third kappa shape index (κ3) is 3.23. The van der Waals surface area contributed by atoms with E-state index in [0.29, 0.717) is 11.5 Å². The molecule has 1 heterocycles. The Morgan fingerprint density at radius 2 is 1.73 bits per heavy atom. The summed E-state index contributed by atoms with van der Waals surface area (Å²) >= 11 is 0. The van der Waals surface area contributed by atoms with Gasteiger partial charge in [-0.2, -0.15) is 0 Å². The molecule has 0 atom stereocenters. The lowest BCUT2D eigenvalue weighted by Crippen LogP contribution is -2.32. The first kappa shape index (κ1) is 14.9. The smallest absolute Gasteiger partial charge is 0.457 e. The van der Waals surface area contributed by atoms with Crippen molar-refractivity contribution in [1.29, 1.82) is 0 Å². The van der Waals surface area contributed by atoms with Gasteiger partial charge in [-0.1, -0.05) is 12.1 Å². The highest BCUT2D eigenvalue weighted by Gasteiger charge is 2.17. The summed E-state index contributed by atoms with van der Waals surface area (Å²) in [7, 11) is -1.83. The number of benzene rings is 2. The van der Waals surface area contributed by atoms with E-state index in [0.717, 1.165) is 24.8 Å². The fraction of sp³-hybridized carbons (Fsp3) is 0.250. The van der Waals surface area contributed by atoms with Gasteiger partial charge < -0.3 is 19.7 Å². The summed E-state index contributed by atoms with van der Waals surface area (Å²) < 4.78 is 19.4. The van der Waals surface area contributed by atoms with Crippen molar-refractivity contribution >= 4 is 18.3 Å². The van der Waals surface area contributed by atoms with Crippen LogP contribution in [0.4, 0.5) is 10.1 Å². The molecule has 0 amide bonds. The Hall–Kier alpha value is -2.05. The lowest BCUT2D eigenvalue weighted by molar-refractivity contribution is 0.422. The zero-order valence-electron chi connectivity index (χ0n) is 12.1. The van der Waals surface area contributed by atoms with Crippen molar-refractivity contribution in [3.63, 3.8) is 0 Å². The summed E-state index contributed by atoms with van der Waals surface area (Å²) in [6.07, 6.45) is 2.39. The predicted molar refractivity (Wildman–Crippen MR) is 84.2 cm³/mol. The number of rotatable bonds is 4. The van der Waals surface area contributed by atoms with Gasteiger partial charge in [-0.3, -0.25) is 0 Å². The molecule has 0 bridgehead atoms. The van der Waals surface area contributed by atoms with Gasteiger partial charge in [-0.25, -0.2) is 4.39 Å². The van der Waals surface area contributed by atoms with Gasteiger partial charge in [-0.05, 0) is 31.0 Å². The first-order valence-electron chi connectivity index (χ1n) is 7.32. The van der Waals surface area contributed by atoms with Crippen LogP contribution in [-0.2, 0) is 0 Å². The highest BCUT2D eigenvalue weighted by molar-refractivity contribution is 6.58.